The number of phenols is 1. The molecule has 0 radical (unpaired) electrons. The van der Waals surface area contributed by atoms with E-state index >= 15 is 0 Å². The third-order valence-electron chi connectivity index (χ3n) is 2.56. The minimum atomic E-state index is 0.111. The second kappa shape index (κ2) is 3.72. The number of rotatable bonds is 1. The van der Waals surface area contributed by atoms with E-state index in [4.69, 9.17) is 21.9 Å². The number of halogens is 1. The molecule has 1 aromatic carbocycles. The summed E-state index contributed by atoms with van der Waals surface area (Å²) in [6.07, 6.45) is 1.48. The summed E-state index contributed by atoms with van der Waals surface area (Å²) in [7, 11) is 0. The molecule has 0 saturated heterocycles. The molecule has 2 rings (SSSR count). The Kier molecular flexibility index (Phi) is 2.52. The zero-order chi connectivity index (χ0) is 11.9. The van der Waals surface area contributed by atoms with Gasteiger partial charge in [-0.05, 0) is 25.5 Å². The van der Waals surface area contributed by atoms with Crippen LogP contribution >= 0.6 is 11.6 Å². The van der Waals surface area contributed by atoms with Gasteiger partial charge in [-0.2, -0.15) is 0 Å². The maximum atomic E-state index is 10.0. The number of nitrogens with zero attached hydrogens (tertiary/aromatic N) is 1. The molecule has 1 heterocycles. The molecule has 0 spiro atoms. The lowest BCUT2D eigenvalue weighted by atomic mass is 9.99. The van der Waals surface area contributed by atoms with E-state index in [-0.39, 0.29) is 11.6 Å². The van der Waals surface area contributed by atoms with Crippen molar-refractivity contribution in [1.82, 2.24) is 5.16 Å². The number of aryl methyl sites for hydroxylation is 1. The highest BCUT2D eigenvalue weighted by molar-refractivity contribution is 6.31. The van der Waals surface area contributed by atoms with Crippen LogP contribution < -0.4 is 5.73 Å². The zero-order valence-electron chi connectivity index (χ0n) is 8.91. The topological polar surface area (TPSA) is 72.3 Å². The van der Waals surface area contributed by atoms with Crippen molar-refractivity contribution in [3.8, 4) is 16.9 Å². The Morgan fingerprint density at radius 1 is 1.44 bits per heavy atom. The first-order chi connectivity index (χ1) is 7.52. The van der Waals surface area contributed by atoms with Crippen molar-refractivity contribution < 1.29 is 9.63 Å². The van der Waals surface area contributed by atoms with E-state index in [1.165, 1.54) is 6.20 Å². The Hall–Kier alpha value is -1.68. The van der Waals surface area contributed by atoms with Crippen molar-refractivity contribution in [2.45, 2.75) is 13.8 Å². The summed E-state index contributed by atoms with van der Waals surface area (Å²) in [4.78, 5) is 0. The number of hydrogen-bond acceptors (Lipinski definition) is 4. The van der Waals surface area contributed by atoms with Crippen LogP contribution in [-0.4, -0.2) is 10.3 Å². The summed E-state index contributed by atoms with van der Waals surface area (Å²) in [5.74, 6) is 0.292. The number of aromatic nitrogens is 1. The first kappa shape index (κ1) is 10.8. The molecule has 2 aromatic rings. The number of nitrogens with two attached hydrogens (primary N) is 1. The quantitative estimate of drug-likeness (QED) is 0.801. The smallest absolute Gasteiger partial charge is 0.230 e. The van der Waals surface area contributed by atoms with Crippen molar-refractivity contribution in [3.63, 3.8) is 0 Å². The lowest BCUT2D eigenvalue weighted by molar-refractivity contribution is 0.436. The number of hydrogen-bond donors (Lipinski definition) is 2. The third-order valence-corrected chi connectivity index (χ3v) is 2.95. The first-order valence-electron chi connectivity index (χ1n) is 4.71. The molecule has 0 aliphatic heterocycles. The lowest BCUT2D eigenvalue weighted by Crippen LogP contribution is -1.91. The highest BCUT2D eigenvalue weighted by Gasteiger charge is 2.17. The monoisotopic (exact) mass is 238 g/mol. The SMILES string of the molecule is Cc1cc(Cl)c(C)c(O)c1-c1cnoc1N. The van der Waals surface area contributed by atoms with Gasteiger partial charge in [0, 0.05) is 16.1 Å². The molecule has 3 N–H and O–H groups in total. The number of aromatic hydroxyl groups is 1. The van der Waals surface area contributed by atoms with Crippen molar-refractivity contribution in [3.05, 3.63) is 28.4 Å². The average Bonchev–Trinajstić information content (AvgIpc) is 2.62. The van der Waals surface area contributed by atoms with E-state index in [0.29, 0.717) is 21.7 Å². The highest BCUT2D eigenvalue weighted by Crippen LogP contribution is 2.40. The number of anilines is 1. The van der Waals surface area contributed by atoms with Gasteiger partial charge in [-0.3, -0.25) is 0 Å². The molecule has 0 fully saturated rings. The molecule has 0 aliphatic carbocycles. The van der Waals surface area contributed by atoms with Crippen LogP contribution in [0.2, 0.25) is 5.02 Å². The summed E-state index contributed by atoms with van der Waals surface area (Å²) in [6.45, 7) is 3.58. The van der Waals surface area contributed by atoms with E-state index in [9.17, 15) is 5.11 Å². The molecule has 0 bridgehead atoms. The van der Waals surface area contributed by atoms with Crippen LogP contribution in [0.15, 0.2) is 16.8 Å². The van der Waals surface area contributed by atoms with Crippen LogP contribution in [-0.2, 0) is 0 Å². The zero-order valence-corrected chi connectivity index (χ0v) is 9.67. The Bertz CT molecular complexity index is 549. The van der Waals surface area contributed by atoms with Gasteiger partial charge in [0.1, 0.15) is 5.75 Å². The van der Waals surface area contributed by atoms with Crippen LogP contribution in [0.25, 0.3) is 11.1 Å². The first-order valence-corrected chi connectivity index (χ1v) is 5.09. The maximum Gasteiger partial charge on any atom is 0.230 e. The Labute approximate surface area is 97.6 Å². The van der Waals surface area contributed by atoms with Crippen molar-refractivity contribution in [2.75, 3.05) is 5.73 Å². The minimum absolute atomic E-state index is 0.111. The minimum Gasteiger partial charge on any atom is -0.507 e. The maximum absolute atomic E-state index is 10.0. The van der Waals surface area contributed by atoms with Crippen LogP contribution in [0.3, 0.4) is 0 Å². The molecule has 0 aliphatic rings. The van der Waals surface area contributed by atoms with Crippen LogP contribution in [0, 0.1) is 13.8 Å². The van der Waals surface area contributed by atoms with Gasteiger partial charge in [0.25, 0.3) is 0 Å². The van der Waals surface area contributed by atoms with Crippen LogP contribution in [0.1, 0.15) is 11.1 Å². The molecule has 16 heavy (non-hydrogen) atoms. The van der Waals surface area contributed by atoms with Crippen LogP contribution in [0.4, 0.5) is 5.88 Å². The van der Waals surface area contributed by atoms with Crippen LogP contribution in [0.5, 0.6) is 5.75 Å². The summed E-state index contributed by atoms with van der Waals surface area (Å²) < 4.78 is 4.78. The predicted molar refractivity (Wildman–Crippen MR) is 62.5 cm³/mol. The van der Waals surface area contributed by atoms with Gasteiger partial charge in [0.2, 0.25) is 5.88 Å². The highest BCUT2D eigenvalue weighted by atomic mass is 35.5. The van der Waals surface area contributed by atoms with Crippen molar-refractivity contribution in [2.24, 2.45) is 0 Å². The van der Waals surface area contributed by atoms with Gasteiger partial charge in [0.15, 0.2) is 0 Å². The largest absolute Gasteiger partial charge is 0.507 e. The van der Waals surface area contributed by atoms with E-state index in [2.05, 4.69) is 5.16 Å². The molecule has 1 aromatic heterocycles. The summed E-state index contributed by atoms with van der Waals surface area (Å²) >= 11 is 5.96. The third kappa shape index (κ3) is 1.51. The van der Waals surface area contributed by atoms with Gasteiger partial charge in [-0.15, -0.1) is 0 Å². The molecule has 4 nitrogen and oxygen atoms in total. The summed E-state index contributed by atoms with van der Waals surface area (Å²) in [5.41, 5.74) is 8.25. The molecular formula is C11H11ClN2O2. The average molecular weight is 239 g/mol. The molecule has 0 saturated carbocycles. The van der Waals surface area contributed by atoms with E-state index in [0.717, 1.165) is 5.56 Å². The summed E-state index contributed by atoms with van der Waals surface area (Å²) in [5, 5.41) is 14.2. The fraction of sp³-hybridized carbons (Fsp3) is 0.182. The van der Waals surface area contributed by atoms with Gasteiger partial charge in [-0.25, -0.2) is 0 Å². The molecular weight excluding hydrogens is 228 g/mol. The van der Waals surface area contributed by atoms with Gasteiger partial charge < -0.3 is 15.4 Å². The Balaban J connectivity index is 2.76. The molecule has 0 atom stereocenters. The Morgan fingerprint density at radius 2 is 2.12 bits per heavy atom. The van der Waals surface area contributed by atoms with Crippen molar-refractivity contribution in [1.29, 1.82) is 0 Å². The molecule has 5 heteroatoms. The molecule has 0 unspecified atom stereocenters. The van der Waals surface area contributed by atoms with E-state index in [1.807, 2.05) is 6.92 Å². The molecule has 0 amide bonds. The number of phenolic OH excluding ortho intramolecular Hbond substituents is 1. The Morgan fingerprint density at radius 3 is 2.69 bits per heavy atom. The number of benzene rings is 1. The van der Waals surface area contributed by atoms with Gasteiger partial charge >= 0.3 is 0 Å². The normalized spacial score (nSPS) is 10.7. The fourth-order valence-electron chi connectivity index (χ4n) is 1.63. The van der Waals surface area contributed by atoms with Crippen molar-refractivity contribution >= 4 is 17.5 Å². The van der Waals surface area contributed by atoms with Gasteiger partial charge in [-0.1, -0.05) is 16.8 Å². The fourth-order valence-corrected chi connectivity index (χ4v) is 1.89. The standard InChI is InChI=1S/C11H11ClN2O2/c1-5-3-8(12)6(2)10(15)9(5)7-4-14-16-11(7)13/h3-4,15H,13H2,1-2H3. The van der Waals surface area contributed by atoms with E-state index in [1.54, 1.807) is 13.0 Å². The predicted octanol–water partition coefficient (Wildman–Crippen LogP) is 2.90. The second-order valence-corrected chi connectivity index (χ2v) is 4.03. The van der Waals surface area contributed by atoms with Gasteiger partial charge in [0.05, 0.1) is 11.8 Å². The molecule has 84 valence electrons. The lowest BCUT2D eigenvalue weighted by Gasteiger charge is -2.10. The summed E-state index contributed by atoms with van der Waals surface area (Å²) in [6, 6.07) is 1.78. The number of nitrogen functional groups attached to an aromatic ring is 1. The van der Waals surface area contributed by atoms with E-state index < -0.39 is 0 Å². The second-order valence-electron chi connectivity index (χ2n) is 3.63.